The molecule has 1 N–H and O–H groups in total. The fourth-order valence-corrected chi connectivity index (χ4v) is 2.11. The van der Waals surface area contributed by atoms with E-state index in [2.05, 4.69) is 25.3 Å². The lowest BCUT2D eigenvalue weighted by Gasteiger charge is -2.31. The van der Waals surface area contributed by atoms with E-state index in [0.29, 0.717) is 6.04 Å². The van der Waals surface area contributed by atoms with Crippen LogP contribution in [-0.2, 0) is 0 Å². The normalized spacial score (nSPS) is 32.0. The molecule has 0 aliphatic carbocycles. The molecule has 0 spiro atoms. The Morgan fingerprint density at radius 2 is 2.23 bits per heavy atom. The number of rotatable bonds is 3. The number of nitrogens with zero attached hydrogens (tertiary/aromatic N) is 1. The Kier molecular flexibility index (Phi) is 3.51. The van der Waals surface area contributed by atoms with Crippen LogP contribution in [-0.4, -0.2) is 35.2 Å². The zero-order valence-electron chi connectivity index (χ0n) is 8.95. The second-order valence-electron chi connectivity index (χ2n) is 4.29. The maximum Gasteiger partial charge on any atom is 0.0625 e. The second-order valence-corrected chi connectivity index (χ2v) is 4.29. The minimum atomic E-state index is 0.167. The minimum Gasteiger partial charge on any atom is -0.394 e. The Labute approximate surface area is 81.2 Å². The van der Waals surface area contributed by atoms with Gasteiger partial charge in [0.05, 0.1) is 12.6 Å². The van der Waals surface area contributed by atoms with Crippen molar-refractivity contribution >= 4 is 0 Å². The Balaban J connectivity index is 2.65. The third-order valence-corrected chi connectivity index (χ3v) is 3.33. The van der Waals surface area contributed by atoms with E-state index in [1.165, 1.54) is 6.42 Å². The smallest absolute Gasteiger partial charge is 0.0625 e. The van der Waals surface area contributed by atoms with Crippen LogP contribution in [0.5, 0.6) is 0 Å². The number of aliphatic hydroxyl groups is 1. The predicted octanol–water partition coefficient (Wildman–Crippen LogP) is 1.65. The van der Waals surface area contributed by atoms with Gasteiger partial charge in [0.15, 0.2) is 0 Å². The largest absolute Gasteiger partial charge is 0.394 e. The molecule has 1 heterocycles. The molecule has 1 aliphatic heterocycles. The van der Waals surface area contributed by atoms with Crippen LogP contribution in [0.3, 0.4) is 0 Å². The van der Waals surface area contributed by atoms with Crippen molar-refractivity contribution < 1.29 is 5.11 Å². The first-order valence-corrected chi connectivity index (χ1v) is 5.10. The first-order chi connectivity index (χ1) is 6.07. The standard InChI is InChI=1S/C11H21NO/c1-8(2)11(7-13)12-6-5-9(3)10(12)4/h9-11,13H,1,5-7H2,2-4H3. The van der Waals surface area contributed by atoms with Gasteiger partial charge in [-0.1, -0.05) is 19.1 Å². The Bertz CT molecular complexity index is 191. The monoisotopic (exact) mass is 183 g/mol. The molecular weight excluding hydrogens is 162 g/mol. The molecule has 1 saturated heterocycles. The van der Waals surface area contributed by atoms with Gasteiger partial charge in [-0.2, -0.15) is 0 Å². The van der Waals surface area contributed by atoms with Crippen molar-refractivity contribution in [3.8, 4) is 0 Å². The number of aliphatic hydroxyl groups excluding tert-OH is 1. The van der Waals surface area contributed by atoms with E-state index in [1.807, 2.05) is 6.92 Å². The van der Waals surface area contributed by atoms with E-state index in [1.54, 1.807) is 0 Å². The SMILES string of the molecule is C=C(C)C(CO)N1CCC(C)C1C. The molecule has 13 heavy (non-hydrogen) atoms. The van der Waals surface area contributed by atoms with Crippen LogP contribution in [0, 0.1) is 5.92 Å². The van der Waals surface area contributed by atoms with Crippen LogP contribution in [0.1, 0.15) is 27.2 Å². The van der Waals surface area contributed by atoms with Gasteiger partial charge in [-0.15, -0.1) is 0 Å². The van der Waals surface area contributed by atoms with Gasteiger partial charge in [0.2, 0.25) is 0 Å². The summed E-state index contributed by atoms with van der Waals surface area (Å²) < 4.78 is 0. The third kappa shape index (κ3) is 2.12. The van der Waals surface area contributed by atoms with Crippen molar-refractivity contribution in [2.45, 2.75) is 39.3 Å². The maximum atomic E-state index is 9.26. The molecule has 0 bridgehead atoms. The highest BCUT2D eigenvalue weighted by Crippen LogP contribution is 2.27. The van der Waals surface area contributed by atoms with Gasteiger partial charge in [-0.05, 0) is 32.7 Å². The highest BCUT2D eigenvalue weighted by atomic mass is 16.3. The molecule has 1 fully saturated rings. The minimum absolute atomic E-state index is 0.167. The number of hydrogen-bond acceptors (Lipinski definition) is 2. The van der Waals surface area contributed by atoms with E-state index in [-0.39, 0.29) is 12.6 Å². The average Bonchev–Trinajstić information content (AvgIpc) is 2.37. The predicted molar refractivity (Wildman–Crippen MR) is 55.6 cm³/mol. The zero-order chi connectivity index (χ0) is 10.0. The average molecular weight is 183 g/mol. The Hall–Kier alpha value is -0.340. The highest BCUT2D eigenvalue weighted by Gasteiger charge is 2.32. The second kappa shape index (κ2) is 4.25. The van der Waals surface area contributed by atoms with Crippen LogP contribution in [0.4, 0.5) is 0 Å². The van der Waals surface area contributed by atoms with E-state index < -0.39 is 0 Å². The van der Waals surface area contributed by atoms with Gasteiger partial charge in [-0.25, -0.2) is 0 Å². The molecule has 0 aromatic carbocycles. The molecule has 76 valence electrons. The number of likely N-dealkylation sites (tertiary alicyclic amines) is 1. The lowest BCUT2D eigenvalue weighted by molar-refractivity contribution is 0.132. The molecular formula is C11H21NO. The van der Waals surface area contributed by atoms with E-state index >= 15 is 0 Å². The van der Waals surface area contributed by atoms with Gasteiger partial charge in [0.1, 0.15) is 0 Å². The topological polar surface area (TPSA) is 23.5 Å². The van der Waals surface area contributed by atoms with Gasteiger partial charge in [-0.3, -0.25) is 4.90 Å². The molecule has 0 aromatic heterocycles. The van der Waals surface area contributed by atoms with Crippen molar-refractivity contribution in [1.82, 2.24) is 4.90 Å². The molecule has 0 saturated carbocycles. The summed E-state index contributed by atoms with van der Waals surface area (Å²) in [6.45, 7) is 11.7. The molecule has 3 unspecified atom stereocenters. The lowest BCUT2D eigenvalue weighted by Crippen LogP contribution is -2.41. The van der Waals surface area contributed by atoms with Gasteiger partial charge in [0.25, 0.3) is 0 Å². The van der Waals surface area contributed by atoms with Gasteiger partial charge >= 0.3 is 0 Å². The van der Waals surface area contributed by atoms with Crippen LogP contribution in [0.25, 0.3) is 0 Å². The van der Waals surface area contributed by atoms with Crippen molar-refractivity contribution in [1.29, 1.82) is 0 Å². The summed E-state index contributed by atoms with van der Waals surface area (Å²) in [6.07, 6.45) is 1.24. The fourth-order valence-electron chi connectivity index (χ4n) is 2.11. The molecule has 3 atom stereocenters. The summed E-state index contributed by atoms with van der Waals surface area (Å²) in [6, 6.07) is 0.744. The molecule has 1 rings (SSSR count). The summed E-state index contributed by atoms with van der Waals surface area (Å²) in [5, 5.41) is 9.26. The third-order valence-electron chi connectivity index (χ3n) is 3.33. The molecule has 0 aromatic rings. The molecule has 0 amide bonds. The van der Waals surface area contributed by atoms with Crippen LogP contribution >= 0.6 is 0 Å². The number of hydrogen-bond donors (Lipinski definition) is 1. The van der Waals surface area contributed by atoms with Crippen LogP contribution in [0.2, 0.25) is 0 Å². The van der Waals surface area contributed by atoms with Gasteiger partial charge in [0, 0.05) is 6.04 Å². The quantitative estimate of drug-likeness (QED) is 0.673. The van der Waals surface area contributed by atoms with E-state index in [4.69, 9.17) is 0 Å². The van der Waals surface area contributed by atoms with Crippen molar-refractivity contribution in [2.24, 2.45) is 5.92 Å². The van der Waals surface area contributed by atoms with Crippen molar-refractivity contribution in [3.63, 3.8) is 0 Å². The molecule has 1 aliphatic rings. The van der Waals surface area contributed by atoms with E-state index in [9.17, 15) is 5.11 Å². The summed E-state index contributed by atoms with van der Waals surface area (Å²) in [5.74, 6) is 0.744. The van der Waals surface area contributed by atoms with E-state index in [0.717, 1.165) is 18.0 Å². The zero-order valence-corrected chi connectivity index (χ0v) is 8.95. The first kappa shape index (κ1) is 10.7. The molecule has 2 heteroatoms. The Morgan fingerprint density at radius 3 is 2.54 bits per heavy atom. The maximum absolute atomic E-state index is 9.26. The fraction of sp³-hybridized carbons (Fsp3) is 0.818. The van der Waals surface area contributed by atoms with Crippen molar-refractivity contribution in [3.05, 3.63) is 12.2 Å². The molecule has 2 nitrogen and oxygen atoms in total. The summed E-state index contributed by atoms with van der Waals surface area (Å²) >= 11 is 0. The van der Waals surface area contributed by atoms with Crippen molar-refractivity contribution in [2.75, 3.05) is 13.2 Å². The van der Waals surface area contributed by atoms with Crippen LogP contribution in [0.15, 0.2) is 12.2 Å². The summed E-state index contributed by atoms with van der Waals surface area (Å²) in [5.41, 5.74) is 1.07. The highest BCUT2D eigenvalue weighted by molar-refractivity contribution is 5.05. The lowest BCUT2D eigenvalue weighted by atomic mass is 10.0. The first-order valence-electron chi connectivity index (χ1n) is 5.10. The summed E-state index contributed by atoms with van der Waals surface area (Å²) in [4.78, 5) is 2.37. The van der Waals surface area contributed by atoms with Gasteiger partial charge < -0.3 is 5.11 Å². The molecule has 0 radical (unpaired) electrons. The van der Waals surface area contributed by atoms with Crippen LogP contribution < -0.4 is 0 Å². The summed E-state index contributed by atoms with van der Waals surface area (Å²) in [7, 11) is 0. The Morgan fingerprint density at radius 1 is 1.62 bits per heavy atom.